The molecule has 0 rings (SSSR count). The second kappa shape index (κ2) is 13.8. The van der Waals surface area contributed by atoms with Gasteiger partial charge in [-0.2, -0.15) is 0 Å². The molecule has 0 fully saturated rings. The second-order valence-electron chi connectivity index (χ2n) is 0.816. The number of rotatable bonds is 0. The quantitative estimate of drug-likeness (QED) is 0.366. The van der Waals surface area contributed by atoms with E-state index in [9.17, 15) is 0 Å². The van der Waals surface area contributed by atoms with Crippen molar-refractivity contribution in [2.24, 2.45) is 0 Å². The first-order valence-electron chi connectivity index (χ1n) is 1.62. The van der Waals surface area contributed by atoms with Crippen LogP contribution in [0.25, 0.3) is 0 Å². The van der Waals surface area contributed by atoms with Gasteiger partial charge in [-0.15, -0.1) is 0 Å². The van der Waals surface area contributed by atoms with Crippen LogP contribution in [0.2, 0.25) is 0 Å². The first-order valence-corrected chi connectivity index (χ1v) is 5.79. The molecule has 13 heteroatoms. The average Bonchev–Trinajstić information content (AvgIpc) is 1.59. The Kier molecular flexibility index (Phi) is 29.0. The summed E-state index contributed by atoms with van der Waals surface area (Å²) < 4.78 is 68.8. The molecule has 0 bridgehead atoms. The van der Waals surface area contributed by atoms with Crippen LogP contribution >= 0.6 is 0 Å². The molecule has 2 radical (unpaired) electrons. The molecule has 14 heavy (non-hydrogen) atoms. The minimum atomic E-state index is -5.75. The molecule has 0 amide bonds. The number of carbonyl (C=O) groups excluding carboxylic acids is 1. The maximum atomic E-state index is 8.59. The standard InChI is InChI=1S/CH2O.2Cr.2Cu.8O/c1-2;;;;;;;;;;;;/h1H2;;;;;;;;;;;;/q;;;2*+2;;;;;4*-1. The summed E-state index contributed by atoms with van der Waals surface area (Å²) in [6, 6.07) is 0. The van der Waals surface area contributed by atoms with Gasteiger partial charge in [0.1, 0.15) is 6.79 Å². The van der Waals surface area contributed by atoms with Gasteiger partial charge in [-0.25, -0.2) is 0 Å². The van der Waals surface area contributed by atoms with Crippen molar-refractivity contribution in [2.45, 2.75) is 0 Å². The molecule has 0 aliphatic carbocycles. The van der Waals surface area contributed by atoms with E-state index in [-0.39, 0.29) is 34.1 Å². The normalized spacial score (nSPS) is 8.57. The summed E-state index contributed by atoms with van der Waals surface area (Å²) in [5.41, 5.74) is 0. The van der Waals surface area contributed by atoms with Gasteiger partial charge in [0.2, 0.25) is 0 Å². The van der Waals surface area contributed by atoms with Crippen molar-refractivity contribution in [3.05, 3.63) is 0 Å². The zero-order valence-electron chi connectivity index (χ0n) is 5.80. The summed E-state index contributed by atoms with van der Waals surface area (Å²) in [6.07, 6.45) is 0. The zero-order valence-corrected chi connectivity index (χ0v) is 10.2. The summed E-state index contributed by atoms with van der Waals surface area (Å²) in [7, 11) is 0. The van der Waals surface area contributed by atoms with Crippen molar-refractivity contribution >= 4 is 6.79 Å². The number of hydrogen-bond acceptors (Lipinski definition) is 9. The molecule has 0 aromatic heterocycles. The third-order valence-corrected chi connectivity index (χ3v) is 0. The van der Waals surface area contributed by atoms with Gasteiger partial charge >= 0.3 is 93.2 Å². The molecule has 0 saturated carbocycles. The van der Waals surface area contributed by atoms with Crippen LogP contribution < -0.4 is 16.6 Å². The van der Waals surface area contributed by atoms with Crippen molar-refractivity contribution in [3.63, 3.8) is 0 Å². The second-order valence-corrected chi connectivity index (χ2v) is 3.37. The Balaban J connectivity index is -0.0000000292. The van der Waals surface area contributed by atoms with Gasteiger partial charge < -0.3 is 4.79 Å². The van der Waals surface area contributed by atoms with Crippen LogP contribution in [0, 0.1) is 0 Å². The van der Waals surface area contributed by atoms with Gasteiger partial charge in [-0.1, -0.05) is 0 Å². The zero-order chi connectivity index (χ0) is 11.0. The fourth-order valence-electron chi connectivity index (χ4n) is 0. The summed E-state index contributed by atoms with van der Waals surface area (Å²) in [5, 5.41) is 0. The molecule has 9 nitrogen and oxygen atoms in total. The Hall–Kier alpha value is 0.814. The molecular formula is CH2Cr2Cu2O9. The van der Waals surface area contributed by atoms with Crippen LogP contribution in [-0.4, -0.2) is 6.79 Å². The SMILES string of the molecule is C=O.[Cu+2].[Cu+2].[O]=[Cr](=[O])([O-])[O-].[O]=[Cr](=[O])([O-])[O-]. The van der Waals surface area contributed by atoms with E-state index in [1.54, 1.807) is 0 Å². The van der Waals surface area contributed by atoms with E-state index >= 15 is 0 Å². The summed E-state index contributed by atoms with van der Waals surface area (Å²) in [4.78, 5) is 8.00. The molecule has 0 saturated heterocycles. The molecule has 0 aromatic rings. The molecular weight excluding hydrogens is 387 g/mol. The Morgan fingerprint density at radius 3 is 0.643 bits per heavy atom. The van der Waals surface area contributed by atoms with E-state index in [0.717, 1.165) is 0 Å². The fraction of sp³-hybridized carbons (Fsp3) is 0. The molecule has 0 aliphatic heterocycles. The summed E-state index contributed by atoms with van der Waals surface area (Å²) in [6.45, 7) is 2.00. The molecule has 0 aromatic carbocycles. The maximum absolute atomic E-state index is 8.59. The molecule has 0 atom stereocenters. The van der Waals surface area contributed by atoms with Crippen LogP contribution in [0.1, 0.15) is 0 Å². The van der Waals surface area contributed by atoms with E-state index in [2.05, 4.69) is 0 Å². The van der Waals surface area contributed by atoms with Gasteiger partial charge in [-0.3, -0.25) is 0 Å². The van der Waals surface area contributed by atoms with Gasteiger partial charge in [-0.05, 0) is 0 Å². The van der Waals surface area contributed by atoms with Crippen LogP contribution in [-0.2, 0) is 81.4 Å². The van der Waals surface area contributed by atoms with E-state index in [1.165, 1.54) is 0 Å². The van der Waals surface area contributed by atoms with Crippen LogP contribution in [0.4, 0.5) is 0 Å². The predicted octanol–water partition coefficient (Wildman–Crippen LogP) is -5.43. The first kappa shape index (κ1) is 29.4. The van der Waals surface area contributed by atoms with E-state index in [1.807, 2.05) is 6.79 Å². The molecule has 0 aliphatic rings. The average molecular weight is 389 g/mol. The molecule has 94 valence electrons. The topological polar surface area (TPSA) is 178 Å². The molecule has 0 N–H and O–H groups in total. The monoisotopic (exact) mass is 388 g/mol. The third kappa shape index (κ3) is 2700. The molecule has 0 heterocycles. The van der Waals surface area contributed by atoms with Crippen LogP contribution in [0.5, 0.6) is 0 Å². The number of hydrogen-bond donors (Lipinski definition) is 0. The van der Waals surface area contributed by atoms with E-state index < -0.39 is 27.2 Å². The molecule has 0 unspecified atom stereocenters. The minimum absolute atomic E-state index is 0. The van der Waals surface area contributed by atoms with E-state index in [4.69, 9.17) is 36.6 Å². The van der Waals surface area contributed by atoms with Crippen molar-refractivity contribution < 1.29 is 98.0 Å². The van der Waals surface area contributed by atoms with Crippen LogP contribution in [0.15, 0.2) is 0 Å². The first-order chi connectivity index (χ1) is 5.00. The van der Waals surface area contributed by atoms with Gasteiger partial charge in [0.15, 0.2) is 0 Å². The van der Waals surface area contributed by atoms with Crippen molar-refractivity contribution in [2.75, 3.05) is 0 Å². The van der Waals surface area contributed by atoms with Crippen molar-refractivity contribution in [1.29, 1.82) is 0 Å². The Labute approximate surface area is 104 Å². The third-order valence-electron chi connectivity index (χ3n) is 0. The van der Waals surface area contributed by atoms with Gasteiger partial charge in [0.05, 0.1) is 0 Å². The summed E-state index contributed by atoms with van der Waals surface area (Å²) >= 11 is -11.5. The summed E-state index contributed by atoms with van der Waals surface area (Å²) in [5.74, 6) is 0. The van der Waals surface area contributed by atoms with Crippen molar-refractivity contribution in [3.8, 4) is 0 Å². The molecule has 0 spiro atoms. The Morgan fingerprint density at radius 1 is 0.643 bits per heavy atom. The van der Waals surface area contributed by atoms with Crippen LogP contribution in [0.3, 0.4) is 0 Å². The van der Waals surface area contributed by atoms with E-state index in [0.29, 0.717) is 0 Å². The van der Waals surface area contributed by atoms with Crippen molar-refractivity contribution in [1.82, 2.24) is 0 Å². The Bertz CT molecular complexity index is 230. The predicted molar refractivity (Wildman–Crippen MR) is 9.87 cm³/mol. The Morgan fingerprint density at radius 2 is 0.643 bits per heavy atom. The number of carbonyl (C=O) groups is 1. The van der Waals surface area contributed by atoms with Gasteiger partial charge in [0, 0.05) is 0 Å². The fourth-order valence-corrected chi connectivity index (χ4v) is 0. The van der Waals surface area contributed by atoms with Gasteiger partial charge in [0.25, 0.3) is 0 Å².